The lowest BCUT2D eigenvalue weighted by atomic mass is 9.83. The molecule has 0 saturated heterocycles. The highest BCUT2D eigenvalue weighted by atomic mass is 16.5. The first-order valence-corrected chi connectivity index (χ1v) is 6.03. The molecule has 1 heterocycles. The quantitative estimate of drug-likeness (QED) is 0.816. The molecule has 5 heteroatoms. The van der Waals surface area contributed by atoms with Crippen molar-refractivity contribution in [2.75, 3.05) is 19.5 Å². The number of ether oxygens (including phenoxy) is 2. The summed E-state index contributed by atoms with van der Waals surface area (Å²) in [5, 5.41) is 0. The number of hydrogen-bond donors (Lipinski definition) is 1. The maximum Gasteiger partial charge on any atom is 0.218 e. The van der Waals surface area contributed by atoms with Crippen LogP contribution in [0.3, 0.4) is 0 Å². The number of hydrogen-bond acceptors (Lipinski definition) is 5. The number of anilines is 1. The zero-order valence-corrected chi connectivity index (χ0v) is 10.2. The normalized spacial score (nSPS) is 15.6. The second-order valence-corrected chi connectivity index (χ2v) is 4.41. The van der Waals surface area contributed by atoms with Crippen LogP contribution in [0.1, 0.15) is 31.5 Å². The Morgan fingerprint density at radius 1 is 1.41 bits per heavy atom. The van der Waals surface area contributed by atoms with Gasteiger partial charge < -0.3 is 15.2 Å². The van der Waals surface area contributed by atoms with Gasteiger partial charge in [-0.1, -0.05) is 19.3 Å². The molecule has 0 bridgehead atoms. The van der Waals surface area contributed by atoms with E-state index in [1.54, 1.807) is 13.2 Å². The summed E-state index contributed by atoms with van der Waals surface area (Å²) in [7, 11) is 1.60. The number of aromatic nitrogens is 2. The first-order chi connectivity index (χ1) is 8.28. The van der Waals surface area contributed by atoms with Gasteiger partial charge in [0.25, 0.3) is 0 Å². The van der Waals surface area contributed by atoms with Gasteiger partial charge in [-0.15, -0.1) is 0 Å². The van der Waals surface area contributed by atoms with Crippen LogP contribution in [0.5, 0.6) is 5.88 Å². The van der Waals surface area contributed by atoms with Crippen molar-refractivity contribution in [2.45, 2.75) is 32.3 Å². The third-order valence-electron chi connectivity index (χ3n) is 3.04. The number of nitrogens with two attached hydrogens (primary N) is 1. The minimum Gasteiger partial charge on any atom is -0.478 e. The molecule has 17 heavy (non-hydrogen) atoms. The van der Waals surface area contributed by atoms with E-state index < -0.39 is 0 Å². The first-order valence-electron chi connectivity index (χ1n) is 6.03. The fourth-order valence-electron chi connectivity index (χ4n) is 1.87. The average molecular weight is 237 g/mol. The number of methoxy groups -OCH3 is 1. The van der Waals surface area contributed by atoms with E-state index in [2.05, 4.69) is 9.97 Å². The lowest BCUT2D eigenvalue weighted by Crippen LogP contribution is -2.15. The van der Waals surface area contributed by atoms with E-state index in [4.69, 9.17) is 15.2 Å². The van der Waals surface area contributed by atoms with E-state index in [0.29, 0.717) is 30.7 Å². The molecular weight excluding hydrogens is 218 g/mol. The smallest absolute Gasteiger partial charge is 0.218 e. The summed E-state index contributed by atoms with van der Waals surface area (Å²) in [6.45, 7) is 1.05. The van der Waals surface area contributed by atoms with Gasteiger partial charge in [0.2, 0.25) is 5.88 Å². The summed E-state index contributed by atoms with van der Waals surface area (Å²) in [6, 6.07) is 1.65. The van der Waals surface area contributed by atoms with Gasteiger partial charge in [0, 0.05) is 13.2 Å². The molecule has 1 aliphatic carbocycles. The maximum atomic E-state index is 5.67. The minimum atomic E-state index is 0.351. The first kappa shape index (κ1) is 12.1. The van der Waals surface area contributed by atoms with Crippen molar-refractivity contribution < 1.29 is 9.47 Å². The van der Waals surface area contributed by atoms with Crippen LogP contribution < -0.4 is 10.5 Å². The van der Waals surface area contributed by atoms with Gasteiger partial charge in [0.05, 0.1) is 6.61 Å². The van der Waals surface area contributed by atoms with Crippen molar-refractivity contribution in [3.63, 3.8) is 0 Å². The zero-order chi connectivity index (χ0) is 12.1. The van der Waals surface area contributed by atoms with Crippen molar-refractivity contribution >= 4 is 5.82 Å². The molecule has 0 unspecified atom stereocenters. The summed E-state index contributed by atoms with van der Waals surface area (Å²) in [6.07, 6.45) is 5.14. The fraction of sp³-hybridized carbons (Fsp3) is 0.667. The van der Waals surface area contributed by atoms with Crippen LogP contribution >= 0.6 is 0 Å². The highest BCUT2D eigenvalue weighted by Gasteiger charge is 2.17. The van der Waals surface area contributed by atoms with Crippen LogP contribution in [0.15, 0.2) is 6.07 Å². The SMILES string of the molecule is COCc1nc(N)cc(OCCC2CCC2)n1. The Hall–Kier alpha value is -1.36. The molecule has 94 valence electrons. The molecule has 1 fully saturated rings. The van der Waals surface area contributed by atoms with E-state index in [-0.39, 0.29) is 0 Å². The van der Waals surface area contributed by atoms with E-state index >= 15 is 0 Å². The Labute approximate surface area is 101 Å². The predicted octanol–water partition coefficient (Wildman–Crippen LogP) is 1.77. The molecule has 1 aliphatic rings. The van der Waals surface area contributed by atoms with Crippen LogP contribution in [0.4, 0.5) is 5.82 Å². The number of nitrogens with zero attached hydrogens (tertiary/aromatic N) is 2. The van der Waals surface area contributed by atoms with Gasteiger partial charge in [-0.3, -0.25) is 0 Å². The van der Waals surface area contributed by atoms with Gasteiger partial charge in [-0.2, -0.15) is 4.98 Å². The van der Waals surface area contributed by atoms with Gasteiger partial charge in [0.15, 0.2) is 5.82 Å². The monoisotopic (exact) mass is 237 g/mol. The summed E-state index contributed by atoms with van der Waals surface area (Å²) < 4.78 is 10.6. The summed E-state index contributed by atoms with van der Waals surface area (Å²) >= 11 is 0. The van der Waals surface area contributed by atoms with Gasteiger partial charge in [0.1, 0.15) is 12.4 Å². The summed E-state index contributed by atoms with van der Waals surface area (Å²) in [5.74, 6) is 2.37. The molecule has 0 radical (unpaired) electrons. The Balaban J connectivity index is 1.85. The largest absolute Gasteiger partial charge is 0.478 e. The Morgan fingerprint density at radius 2 is 2.24 bits per heavy atom. The third-order valence-corrected chi connectivity index (χ3v) is 3.04. The van der Waals surface area contributed by atoms with Gasteiger partial charge in [-0.25, -0.2) is 4.98 Å². The molecule has 0 amide bonds. The van der Waals surface area contributed by atoms with Crippen molar-refractivity contribution in [1.82, 2.24) is 9.97 Å². The van der Waals surface area contributed by atoms with Crippen molar-refractivity contribution in [2.24, 2.45) is 5.92 Å². The number of nitrogen functional groups attached to an aromatic ring is 1. The average Bonchev–Trinajstić information content (AvgIpc) is 2.21. The van der Waals surface area contributed by atoms with Crippen LogP contribution in [0.2, 0.25) is 0 Å². The fourth-order valence-corrected chi connectivity index (χ4v) is 1.87. The maximum absolute atomic E-state index is 5.67. The Bertz CT molecular complexity index is 367. The molecule has 0 aromatic carbocycles. The summed E-state index contributed by atoms with van der Waals surface area (Å²) in [4.78, 5) is 8.28. The molecule has 0 spiro atoms. The number of rotatable bonds is 6. The molecule has 2 N–H and O–H groups in total. The second-order valence-electron chi connectivity index (χ2n) is 4.41. The van der Waals surface area contributed by atoms with Crippen molar-refractivity contribution in [3.05, 3.63) is 11.9 Å². The van der Waals surface area contributed by atoms with E-state index in [9.17, 15) is 0 Å². The third kappa shape index (κ3) is 3.56. The van der Waals surface area contributed by atoms with E-state index in [0.717, 1.165) is 12.3 Å². The lowest BCUT2D eigenvalue weighted by molar-refractivity contribution is 0.175. The standard InChI is InChI=1S/C12H19N3O2/c1-16-8-11-14-10(13)7-12(15-11)17-6-5-9-3-2-4-9/h7,9H,2-6,8H2,1H3,(H2,13,14,15). The molecule has 2 rings (SSSR count). The minimum absolute atomic E-state index is 0.351. The van der Waals surface area contributed by atoms with Crippen LogP contribution in [0.25, 0.3) is 0 Å². The highest BCUT2D eigenvalue weighted by molar-refractivity contribution is 5.32. The van der Waals surface area contributed by atoms with E-state index in [1.807, 2.05) is 0 Å². The van der Waals surface area contributed by atoms with Gasteiger partial charge in [-0.05, 0) is 12.3 Å². The van der Waals surface area contributed by atoms with Crippen LogP contribution in [-0.4, -0.2) is 23.7 Å². The molecule has 0 aliphatic heterocycles. The molecular formula is C12H19N3O2. The molecule has 0 atom stereocenters. The van der Waals surface area contributed by atoms with Crippen molar-refractivity contribution in [3.8, 4) is 5.88 Å². The molecule has 1 saturated carbocycles. The molecule has 5 nitrogen and oxygen atoms in total. The lowest BCUT2D eigenvalue weighted by Gasteiger charge is -2.24. The second kappa shape index (κ2) is 5.82. The van der Waals surface area contributed by atoms with Crippen molar-refractivity contribution in [1.29, 1.82) is 0 Å². The van der Waals surface area contributed by atoms with Crippen LogP contribution in [0, 0.1) is 5.92 Å². The van der Waals surface area contributed by atoms with Crippen LogP contribution in [-0.2, 0) is 11.3 Å². The molecule has 1 aromatic heterocycles. The van der Waals surface area contributed by atoms with E-state index in [1.165, 1.54) is 19.3 Å². The Morgan fingerprint density at radius 3 is 2.88 bits per heavy atom. The van der Waals surface area contributed by atoms with Gasteiger partial charge >= 0.3 is 0 Å². The highest BCUT2D eigenvalue weighted by Crippen LogP contribution is 2.29. The zero-order valence-electron chi connectivity index (χ0n) is 10.2. The Kier molecular flexibility index (Phi) is 4.14. The predicted molar refractivity (Wildman–Crippen MR) is 64.6 cm³/mol. The molecule has 1 aromatic rings. The topological polar surface area (TPSA) is 70.3 Å². The summed E-state index contributed by atoms with van der Waals surface area (Å²) in [5.41, 5.74) is 5.67.